The van der Waals surface area contributed by atoms with Crippen molar-refractivity contribution >= 4 is 23.0 Å². The molecule has 0 bridgehead atoms. The molecule has 1 aromatic rings. The first-order chi connectivity index (χ1) is 9.00. The summed E-state index contributed by atoms with van der Waals surface area (Å²) in [5, 5.41) is 11.9. The van der Waals surface area contributed by atoms with Crippen molar-refractivity contribution in [3.63, 3.8) is 0 Å². The average Bonchev–Trinajstić information content (AvgIpc) is 2.87. The Bertz CT molecular complexity index is 481. The number of aryl methyl sites for hydroxylation is 1. The van der Waals surface area contributed by atoms with Crippen LogP contribution >= 0.6 is 12.2 Å². The van der Waals surface area contributed by atoms with Crippen LogP contribution in [0.15, 0.2) is 0 Å². The minimum atomic E-state index is 0.381. The number of nitrogens with zero attached hydrogens (tertiary/aromatic N) is 2. The van der Waals surface area contributed by atoms with Crippen molar-refractivity contribution in [2.75, 3.05) is 5.32 Å². The van der Waals surface area contributed by atoms with Gasteiger partial charge in [0.05, 0.1) is 11.3 Å². The number of aromatic nitrogens is 2. The van der Waals surface area contributed by atoms with E-state index in [1.54, 1.807) is 0 Å². The predicted octanol–water partition coefficient (Wildman–Crippen LogP) is 2.72. The second kappa shape index (κ2) is 5.82. The highest BCUT2D eigenvalue weighted by Crippen LogP contribution is 2.30. The van der Waals surface area contributed by atoms with Crippen LogP contribution in [0.25, 0.3) is 0 Å². The van der Waals surface area contributed by atoms with E-state index in [1.165, 1.54) is 25.7 Å². The number of hydrogen-bond acceptors (Lipinski definition) is 4. The Morgan fingerprint density at radius 3 is 2.53 bits per heavy atom. The molecule has 0 aliphatic heterocycles. The monoisotopic (exact) mass is 278 g/mol. The third-order valence-electron chi connectivity index (χ3n) is 4.17. The molecular formula is C14H22N4S. The van der Waals surface area contributed by atoms with Gasteiger partial charge in [-0.3, -0.25) is 0 Å². The zero-order valence-electron chi connectivity index (χ0n) is 11.9. The normalized spacial score (nSPS) is 17.4. The van der Waals surface area contributed by atoms with E-state index in [1.807, 2.05) is 13.8 Å². The van der Waals surface area contributed by atoms with Gasteiger partial charge in [0.15, 0.2) is 5.82 Å². The van der Waals surface area contributed by atoms with Gasteiger partial charge in [-0.15, -0.1) is 5.10 Å². The van der Waals surface area contributed by atoms with Crippen LogP contribution in [0, 0.1) is 19.8 Å². The summed E-state index contributed by atoms with van der Waals surface area (Å²) in [5.41, 5.74) is 8.57. The standard InChI is InChI=1S/C14H22N4S/c1-8-9(2)17-18-14(12(8)13(15)19)16-10(3)11-6-4-5-7-11/h10-11H,4-7H2,1-3H3,(H2,15,19)(H,16,18). The average molecular weight is 278 g/mol. The van der Waals surface area contributed by atoms with E-state index in [9.17, 15) is 0 Å². The maximum absolute atomic E-state index is 5.84. The van der Waals surface area contributed by atoms with E-state index in [0.29, 0.717) is 16.9 Å². The largest absolute Gasteiger partial charge is 0.389 e. The topological polar surface area (TPSA) is 63.8 Å². The third-order valence-corrected chi connectivity index (χ3v) is 4.38. The van der Waals surface area contributed by atoms with Gasteiger partial charge in [0, 0.05) is 6.04 Å². The van der Waals surface area contributed by atoms with Crippen molar-refractivity contribution in [1.29, 1.82) is 0 Å². The molecule has 1 aliphatic rings. The van der Waals surface area contributed by atoms with Gasteiger partial charge in [0.1, 0.15) is 4.99 Å². The van der Waals surface area contributed by atoms with Gasteiger partial charge in [-0.2, -0.15) is 5.10 Å². The molecule has 104 valence electrons. The molecule has 1 fully saturated rings. The molecule has 0 aromatic carbocycles. The highest BCUT2D eigenvalue weighted by atomic mass is 32.1. The Kier molecular flexibility index (Phi) is 4.34. The van der Waals surface area contributed by atoms with Gasteiger partial charge >= 0.3 is 0 Å². The van der Waals surface area contributed by atoms with Crippen LogP contribution in [-0.2, 0) is 0 Å². The Morgan fingerprint density at radius 2 is 1.95 bits per heavy atom. The number of rotatable bonds is 4. The Hall–Kier alpha value is -1.23. The molecule has 0 spiro atoms. The number of anilines is 1. The lowest BCUT2D eigenvalue weighted by Crippen LogP contribution is -2.27. The number of nitrogens with two attached hydrogens (primary N) is 1. The van der Waals surface area contributed by atoms with Crippen molar-refractivity contribution in [3.05, 3.63) is 16.8 Å². The molecule has 19 heavy (non-hydrogen) atoms. The second-order valence-corrected chi connectivity index (χ2v) is 5.92. The molecule has 4 nitrogen and oxygen atoms in total. The first-order valence-corrected chi connectivity index (χ1v) is 7.31. The molecule has 0 amide bonds. The lowest BCUT2D eigenvalue weighted by Gasteiger charge is -2.22. The molecule has 5 heteroatoms. The summed E-state index contributed by atoms with van der Waals surface area (Å²) in [6.45, 7) is 6.12. The second-order valence-electron chi connectivity index (χ2n) is 5.48. The van der Waals surface area contributed by atoms with Crippen LogP contribution in [0.4, 0.5) is 5.82 Å². The van der Waals surface area contributed by atoms with Crippen molar-refractivity contribution in [3.8, 4) is 0 Å². The van der Waals surface area contributed by atoms with Crippen LogP contribution < -0.4 is 11.1 Å². The van der Waals surface area contributed by atoms with Gasteiger partial charge in [-0.05, 0) is 45.1 Å². The number of nitrogens with one attached hydrogen (secondary N) is 1. The Labute approximate surface area is 120 Å². The third kappa shape index (κ3) is 3.03. The first kappa shape index (κ1) is 14.2. The van der Waals surface area contributed by atoms with Gasteiger partial charge in [-0.25, -0.2) is 0 Å². The quantitative estimate of drug-likeness (QED) is 0.829. The fourth-order valence-corrected chi connectivity index (χ4v) is 3.05. The van der Waals surface area contributed by atoms with Gasteiger partial charge < -0.3 is 11.1 Å². The summed E-state index contributed by atoms with van der Waals surface area (Å²) >= 11 is 5.15. The zero-order valence-corrected chi connectivity index (χ0v) is 12.7. The molecule has 1 atom stereocenters. The minimum Gasteiger partial charge on any atom is -0.389 e. The fourth-order valence-electron chi connectivity index (χ4n) is 2.80. The van der Waals surface area contributed by atoms with Crippen molar-refractivity contribution in [2.24, 2.45) is 11.7 Å². The van der Waals surface area contributed by atoms with Gasteiger partial charge in [0.25, 0.3) is 0 Å². The fraction of sp³-hybridized carbons (Fsp3) is 0.643. The number of hydrogen-bond donors (Lipinski definition) is 2. The summed E-state index contributed by atoms with van der Waals surface area (Å²) in [6, 6.07) is 0.381. The summed E-state index contributed by atoms with van der Waals surface area (Å²) in [4.78, 5) is 0.386. The maximum Gasteiger partial charge on any atom is 0.159 e. The molecule has 1 aliphatic carbocycles. The van der Waals surface area contributed by atoms with E-state index < -0.39 is 0 Å². The number of thiocarbonyl (C=S) groups is 1. The molecular weight excluding hydrogens is 256 g/mol. The van der Waals surface area contributed by atoms with Crippen molar-refractivity contribution < 1.29 is 0 Å². The molecule has 3 N–H and O–H groups in total. The molecule has 1 heterocycles. The molecule has 1 aromatic heterocycles. The summed E-state index contributed by atoms with van der Waals surface area (Å²) in [6.07, 6.45) is 5.23. The molecule has 2 rings (SSSR count). The predicted molar refractivity (Wildman–Crippen MR) is 82.4 cm³/mol. The summed E-state index contributed by atoms with van der Waals surface area (Å²) in [7, 11) is 0. The molecule has 0 saturated heterocycles. The van der Waals surface area contributed by atoms with Crippen molar-refractivity contribution in [2.45, 2.75) is 52.5 Å². The van der Waals surface area contributed by atoms with Crippen LogP contribution in [-0.4, -0.2) is 21.2 Å². The smallest absolute Gasteiger partial charge is 0.159 e. The van der Waals surface area contributed by atoms with Crippen LogP contribution in [0.2, 0.25) is 0 Å². The highest BCUT2D eigenvalue weighted by molar-refractivity contribution is 7.80. The summed E-state index contributed by atoms with van der Waals surface area (Å²) < 4.78 is 0. The van der Waals surface area contributed by atoms with Gasteiger partial charge in [-0.1, -0.05) is 25.1 Å². The molecule has 1 unspecified atom stereocenters. The van der Waals surface area contributed by atoms with E-state index >= 15 is 0 Å². The van der Waals surface area contributed by atoms with E-state index in [-0.39, 0.29) is 0 Å². The Balaban J connectivity index is 2.24. The maximum atomic E-state index is 5.84. The Morgan fingerprint density at radius 1 is 1.32 bits per heavy atom. The molecule has 1 saturated carbocycles. The van der Waals surface area contributed by atoms with Crippen LogP contribution in [0.3, 0.4) is 0 Å². The summed E-state index contributed by atoms with van der Waals surface area (Å²) in [5.74, 6) is 1.44. The lowest BCUT2D eigenvalue weighted by atomic mass is 9.99. The van der Waals surface area contributed by atoms with Crippen molar-refractivity contribution in [1.82, 2.24) is 10.2 Å². The van der Waals surface area contributed by atoms with Gasteiger partial charge in [0.2, 0.25) is 0 Å². The lowest BCUT2D eigenvalue weighted by molar-refractivity contribution is 0.480. The SMILES string of the molecule is Cc1nnc(NC(C)C2CCCC2)c(C(N)=S)c1C. The first-order valence-electron chi connectivity index (χ1n) is 6.91. The van der Waals surface area contributed by atoms with E-state index in [4.69, 9.17) is 18.0 Å². The molecule has 0 radical (unpaired) electrons. The van der Waals surface area contributed by atoms with Crippen LogP contribution in [0.1, 0.15) is 49.4 Å². The van der Waals surface area contributed by atoms with Crippen LogP contribution in [0.5, 0.6) is 0 Å². The van der Waals surface area contributed by atoms with E-state index in [0.717, 1.165) is 22.6 Å². The minimum absolute atomic E-state index is 0.381. The highest BCUT2D eigenvalue weighted by Gasteiger charge is 2.23. The van der Waals surface area contributed by atoms with E-state index in [2.05, 4.69) is 22.4 Å². The zero-order chi connectivity index (χ0) is 14.0.